The average Bonchev–Trinajstić information content (AvgIpc) is 2.44. The van der Waals surface area contributed by atoms with E-state index in [1.165, 1.54) is 24.0 Å². The van der Waals surface area contributed by atoms with Crippen molar-refractivity contribution in [2.45, 2.75) is 10.9 Å². The zero-order chi connectivity index (χ0) is 13.5. The van der Waals surface area contributed by atoms with Crippen LogP contribution in [0.4, 0.5) is 0 Å². The lowest BCUT2D eigenvalue weighted by atomic mass is 10.1. The van der Waals surface area contributed by atoms with Crippen molar-refractivity contribution < 1.29 is 0 Å². The molecule has 3 N–H and O–H groups in total. The Kier molecular flexibility index (Phi) is 4.78. The Bertz CT molecular complexity index is 653. The maximum Gasteiger partial charge on any atom is 0.251 e. The van der Waals surface area contributed by atoms with E-state index in [-0.39, 0.29) is 5.56 Å². The van der Waals surface area contributed by atoms with E-state index in [4.69, 9.17) is 5.73 Å². The SMILES string of the molecule is NCC#Cc1ccc(CSc2nccc(=O)[nH]2)cc1. The summed E-state index contributed by atoms with van der Waals surface area (Å²) in [5, 5.41) is 0.625. The van der Waals surface area contributed by atoms with Crippen LogP contribution in [0.2, 0.25) is 0 Å². The fourth-order valence-corrected chi connectivity index (χ4v) is 2.22. The molecule has 2 rings (SSSR count). The van der Waals surface area contributed by atoms with Gasteiger partial charge in [0.1, 0.15) is 0 Å². The Balaban J connectivity index is 1.98. The van der Waals surface area contributed by atoms with Crippen LogP contribution >= 0.6 is 11.8 Å². The predicted molar refractivity (Wildman–Crippen MR) is 76.8 cm³/mol. The van der Waals surface area contributed by atoms with E-state index < -0.39 is 0 Å². The standard InChI is InChI=1S/C14H13N3OS/c15-8-1-2-11-3-5-12(6-4-11)10-19-14-16-9-7-13(18)17-14/h3-7,9H,8,10,15H2,(H,16,17,18). The molecule has 1 aromatic heterocycles. The maximum absolute atomic E-state index is 11.1. The monoisotopic (exact) mass is 271 g/mol. The molecule has 0 spiro atoms. The molecule has 0 aliphatic carbocycles. The first-order chi connectivity index (χ1) is 9.28. The zero-order valence-corrected chi connectivity index (χ0v) is 11.0. The van der Waals surface area contributed by atoms with Crippen LogP contribution in [0.1, 0.15) is 11.1 Å². The van der Waals surface area contributed by atoms with E-state index >= 15 is 0 Å². The van der Waals surface area contributed by atoms with E-state index in [9.17, 15) is 4.79 Å². The largest absolute Gasteiger partial charge is 0.320 e. The molecule has 0 atom stereocenters. The van der Waals surface area contributed by atoms with Crippen LogP contribution in [-0.2, 0) is 5.75 Å². The number of nitrogens with two attached hydrogens (primary N) is 1. The second-order valence-corrected chi connectivity index (χ2v) is 4.69. The number of hydrogen-bond donors (Lipinski definition) is 2. The minimum Gasteiger partial charge on any atom is -0.320 e. The van der Waals surface area contributed by atoms with Crippen molar-refractivity contribution in [2.75, 3.05) is 6.54 Å². The molecule has 0 bridgehead atoms. The third kappa shape index (κ3) is 4.28. The fourth-order valence-electron chi connectivity index (χ4n) is 1.41. The van der Waals surface area contributed by atoms with E-state index in [0.29, 0.717) is 11.7 Å². The Morgan fingerprint density at radius 1 is 1.26 bits per heavy atom. The molecule has 5 heteroatoms. The molecule has 2 aromatic rings. The number of rotatable bonds is 3. The molecule has 0 saturated heterocycles. The molecule has 0 aliphatic rings. The Hall–Kier alpha value is -2.03. The van der Waals surface area contributed by atoms with Crippen LogP contribution < -0.4 is 11.3 Å². The molecule has 1 aromatic carbocycles. The number of thioether (sulfide) groups is 1. The van der Waals surface area contributed by atoms with Crippen LogP contribution in [0.3, 0.4) is 0 Å². The van der Waals surface area contributed by atoms with E-state index in [2.05, 4.69) is 21.8 Å². The summed E-state index contributed by atoms with van der Waals surface area (Å²) in [4.78, 5) is 17.9. The van der Waals surface area contributed by atoms with Gasteiger partial charge in [-0.3, -0.25) is 4.79 Å². The van der Waals surface area contributed by atoms with Crippen LogP contribution in [0.25, 0.3) is 0 Å². The van der Waals surface area contributed by atoms with Crippen LogP contribution in [0.5, 0.6) is 0 Å². The fraction of sp³-hybridized carbons (Fsp3) is 0.143. The molecule has 19 heavy (non-hydrogen) atoms. The molecule has 1 heterocycles. The minimum absolute atomic E-state index is 0.134. The molecule has 0 aliphatic heterocycles. The van der Waals surface area contributed by atoms with Gasteiger partial charge < -0.3 is 10.7 Å². The normalized spacial score (nSPS) is 9.74. The first kappa shape index (κ1) is 13.4. The van der Waals surface area contributed by atoms with E-state index in [0.717, 1.165) is 16.9 Å². The van der Waals surface area contributed by atoms with Gasteiger partial charge in [-0.15, -0.1) is 0 Å². The lowest BCUT2D eigenvalue weighted by Crippen LogP contribution is -2.05. The number of benzene rings is 1. The van der Waals surface area contributed by atoms with Gasteiger partial charge in [-0.2, -0.15) is 0 Å². The predicted octanol–water partition coefficient (Wildman–Crippen LogP) is 1.37. The van der Waals surface area contributed by atoms with Gasteiger partial charge in [-0.05, 0) is 17.7 Å². The smallest absolute Gasteiger partial charge is 0.251 e. The van der Waals surface area contributed by atoms with E-state index in [1.807, 2.05) is 24.3 Å². The topological polar surface area (TPSA) is 71.8 Å². The maximum atomic E-state index is 11.1. The minimum atomic E-state index is -0.134. The second kappa shape index (κ2) is 6.78. The lowest BCUT2D eigenvalue weighted by Gasteiger charge is -2.01. The van der Waals surface area contributed by atoms with Gasteiger partial charge in [0.05, 0.1) is 6.54 Å². The zero-order valence-electron chi connectivity index (χ0n) is 10.2. The van der Waals surface area contributed by atoms with Crippen molar-refractivity contribution in [3.05, 3.63) is 58.0 Å². The van der Waals surface area contributed by atoms with Gasteiger partial charge in [0.2, 0.25) is 0 Å². The van der Waals surface area contributed by atoms with Crippen molar-refractivity contribution in [3.63, 3.8) is 0 Å². The van der Waals surface area contributed by atoms with Crippen molar-refractivity contribution in [1.82, 2.24) is 9.97 Å². The van der Waals surface area contributed by atoms with Gasteiger partial charge in [-0.25, -0.2) is 4.98 Å². The van der Waals surface area contributed by atoms with Crippen molar-refractivity contribution in [2.24, 2.45) is 5.73 Å². The second-order valence-electron chi connectivity index (χ2n) is 3.73. The first-order valence-electron chi connectivity index (χ1n) is 5.74. The Labute approximate surface area is 115 Å². The van der Waals surface area contributed by atoms with Crippen LogP contribution in [-0.4, -0.2) is 16.5 Å². The summed E-state index contributed by atoms with van der Waals surface area (Å²) in [5.74, 6) is 6.53. The molecule has 0 amide bonds. The van der Waals surface area contributed by atoms with Gasteiger partial charge in [0.25, 0.3) is 5.56 Å². The third-order valence-electron chi connectivity index (χ3n) is 2.31. The lowest BCUT2D eigenvalue weighted by molar-refractivity contribution is 0.936. The summed E-state index contributed by atoms with van der Waals surface area (Å²) >= 11 is 1.49. The summed E-state index contributed by atoms with van der Waals surface area (Å²) in [6, 6.07) is 9.33. The summed E-state index contributed by atoms with van der Waals surface area (Å²) in [6.07, 6.45) is 1.51. The number of H-pyrrole nitrogens is 1. The molecule has 0 unspecified atom stereocenters. The highest BCUT2D eigenvalue weighted by atomic mass is 32.2. The van der Waals surface area contributed by atoms with Crippen LogP contribution in [0.15, 0.2) is 46.5 Å². The highest BCUT2D eigenvalue weighted by Crippen LogP contribution is 2.17. The van der Waals surface area contributed by atoms with Crippen molar-refractivity contribution >= 4 is 11.8 Å². The molecule has 4 nitrogen and oxygen atoms in total. The summed E-state index contributed by atoms with van der Waals surface area (Å²) in [7, 11) is 0. The number of nitrogens with zero attached hydrogens (tertiary/aromatic N) is 1. The summed E-state index contributed by atoms with van der Waals surface area (Å²) in [6.45, 7) is 0.366. The van der Waals surface area contributed by atoms with E-state index in [1.54, 1.807) is 0 Å². The highest BCUT2D eigenvalue weighted by Gasteiger charge is 1.98. The average molecular weight is 271 g/mol. The van der Waals surface area contributed by atoms with Crippen molar-refractivity contribution in [1.29, 1.82) is 0 Å². The highest BCUT2D eigenvalue weighted by molar-refractivity contribution is 7.98. The van der Waals surface area contributed by atoms with Crippen molar-refractivity contribution in [3.8, 4) is 11.8 Å². The molecule has 0 fully saturated rings. The number of aromatic nitrogens is 2. The Morgan fingerprint density at radius 3 is 2.74 bits per heavy atom. The molecule has 0 radical (unpaired) electrons. The number of aromatic amines is 1. The Morgan fingerprint density at radius 2 is 2.05 bits per heavy atom. The number of nitrogens with one attached hydrogen (secondary N) is 1. The van der Waals surface area contributed by atoms with Crippen LogP contribution in [0, 0.1) is 11.8 Å². The summed E-state index contributed by atoms with van der Waals surface area (Å²) in [5.41, 5.74) is 7.28. The van der Waals surface area contributed by atoms with Gasteiger partial charge in [-0.1, -0.05) is 35.7 Å². The molecule has 96 valence electrons. The molecular formula is C14H13N3OS. The first-order valence-corrected chi connectivity index (χ1v) is 6.72. The molecular weight excluding hydrogens is 258 g/mol. The molecule has 0 saturated carbocycles. The summed E-state index contributed by atoms with van der Waals surface area (Å²) < 4.78 is 0. The third-order valence-corrected chi connectivity index (χ3v) is 3.27. The van der Waals surface area contributed by atoms with Gasteiger partial charge in [0.15, 0.2) is 5.16 Å². The van der Waals surface area contributed by atoms with Gasteiger partial charge >= 0.3 is 0 Å². The number of hydrogen-bond acceptors (Lipinski definition) is 4. The quantitative estimate of drug-likeness (QED) is 0.502. The van der Waals surface area contributed by atoms with Gasteiger partial charge in [0, 0.05) is 23.6 Å².